The largest absolute Gasteiger partial charge is 0.417 e. The van der Waals surface area contributed by atoms with E-state index in [-0.39, 0.29) is 22.7 Å². The second-order valence-corrected chi connectivity index (χ2v) is 5.54. The molecule has 0 saturated heterocycles. The Kier molecular flexibility index (Phi) is 3.28. The Morgan fingerprint density at radius 2 is 1.80 bits per heavy atom. The highest BCUT2D eigenvalue weighted by molar-refractivity contribution is 5.96. The van der Waals surface area contributed by atoms with E-state index in [0.717, 1.165) is 16.8 Å². The molecule has 0 saturated carbocycles. The first-order valence-electron chi connectivity index (χ1n) is 7.40. The summed E-state index contributed by atoms with van der Waals surface area (Å²) in [5, 5.41) is 10.7. The first-order chi connectivity index (χ1) is 11.9. The van der Waals surface area contributed by atoms with Crippen LogP contribution in [-0.2, 0) is 6.18 Å². The molecule has 0 radical (unpaired) electrons. The molecular formula is C17H12F3N5. The fourth-order valence-corrected chi connectivity index (χ4v) is 2.81. The van der Waals surface area contributed by atoms with Crippen LogP contribution in [0.2, 0.25) is 0 Å². The molecule has 0 aliphatic rings. The van der Waals surface area contributed by atoms with E-state index in [1.54, 1.807) is 6.07 Å². The lowest BCUT2D eigenvalue weighted by Crippen LogP contribution is -2.08. The van der Waals surface area contributed by atoms with Gasteiger partial charge in [-0.2, -0.15) is 18.3 Å². The minimum Gasteiger partial charge on any atom is -0.382 e. The lowest BCUT2D eigenvalue weighted by molar-refractivity contribution is -0.136. The van der Waals surface area contributed by atoms with Crippen LogP contribution in [0.25, 0.3) is 21.8 Å². The number of hydrogen-bond acceptors (Lipinski definition) is 4. The number of pyridine rings is 1. The summed E-state index contributed by atoms with van der Waals surface area (Å²) in [6.45, 7) is 0. The van der Waals surface area contributed by atoms with Gasteiger partial charge in [0.2, 0.25) is 0 Å². The molecule has 0 aliphatic heterocycles. The molecule has 2 heterocycles. The number of rotatable bonds is 2. The average Bonchev–Trinajstić information content (AvgIpc) is 2.95. The van der Waals surface area contributed by atoms with Crippen molar-refractivity contribution < 1.29 is 13.2 Å². The van der Waals surface area contributed by atoms with Gasteiger partial charge in [0, 0.05) is 11.1 Å². The highest BCUT2D eigenvalue weighted by Gasteiger charge is 2.35. The van der Waals surface area contributed by atoms with E-state index in [9.17, 15) is 13.2 Å². The summed E-state index contributed by atoms with van der Waals surface area (Å²) in [4.78, 5) is 4.16. The number of nitrogens with two attached hydrogens (primary N) is 1. The third-order valence-corrected chi connectivity index (χ3v) is 3.92. The van der Waals surface area contributed by atoms with Gasteiger partial charge in [-0.15, -0.1) is 0 Å². The van der Waals surface area contributed by atoms with Crippen LogP contribution in [-0.4, -0.2) is 15.2 Å². The maximum absolute atomic E-state index is 13.4. The normalized spacial score (nSPS) is 12.0. The number of benzene rings is 2. The van der Waals surface area contributed by atoms with E-state index in [1.807, 2.05) is 36.4 Å². The van der Waals surface area contributed by atoms with Crippen LogP contribution in [0.15, 0.2) is 48.5 Å². The van der Waals surface area contributed by atoms with E-state index < -0.39 is 11.7 Å². The number of alkyl halides is 3. The van der Waals surface area contributed by atoms with Crippen molar-refractivity contribution >= 4 is 39.1 Å². The summed E-state index contributed by atoms with van der Waals surface area (Å²) in [7, 11) is 0. The second kappa shape index (κ2) is 5.37. The lowest BCUT2D eigenvalue weighted by Gasteiger charge is -2.13. The molecule has 5 nitrogen and oxygen atoms in total. The van der Waals surface area contributed by atoms with E-state index in [0.29, 0.717) is 5.69 Å². The summed E-state index contributed by atoms with van der Waals surface area (Å²) in [6.07, 6.45) is -4.58. The van der Waals surface area contributed by atoms with Gasteiger partial charge in [0.25, 0.3) is 0 Å². The van der Waals surface area contributed by atoms with Gasteiger partial charge in [-0.1, -0.05) is 36.4 Å². The molecule has 4 rings (SSSR count). The van der Waals surface area contributed by atoms with Crippen molar-refractivity contribution in [3.63, 3.8) is 0 Å². The number of halogens is 3. The van der Waals surface area contributed by atoms with Crippen molar-refractivity contribution in [2.45, 2.75) is 6.18 Å². The van der Waals surface area contributed by atoms with Crippen molar-refractivity contribution in [3.8, 4) is 0 Å². The highest BCUT2D eigenvalue weighted by atomic mass is 19.4. The molecular weight excluding hydrogens is 331 g/mol. The van der Waals surface area contributed by atoms with Gasteiger partial charge in [-0.05, 0) is 17.5 Å². The van der Waals surface area contributed by atoms with Gasteiger partial charge in [0.05, 0.1) is 10.9 Å². The van der Waals surface area contributed by atoms with E-state index >= 15 is 0 Å². The number of nitrogen functional groups attached to an aromatic ring is 1. The zero-order valence-corrected chi connectivity index (χ0v) is 12.7. The standard InChI is InChI=1S/C17H12F3N5/c18-17(19,20)11-8-13(23-16-14(11)15(21)24-25-16)22-12-7-3-5-9-4-1-2-6-10(9)12/h1-8H,(H4,21,22,23,24,25). The number of aromatic amines is 1. The van der Waals surface area contributed by atoms with Gasteiger partial charge in [0.15, 0.2) is 11.5 Å². The summed E-state index contributed by atoms with van der Waals surface area (Å²) < 4.78 is 40.2. The minimum absolute atomic E-state index is 0.0185. The Balaban J connectivity index is 1.87. The topological polar surface area (TPSA) is 79.6 Å². The van der Waals surface area contributed by atoms with Crippen molar-refractivity contribution in [2.24, 2.45) is 0 Å². The second-order valence-electron chi connectivity index (χ2n) is 5.54. The number of H-pyrrole nitrogens is 1. The molecule has 2 aromatic carbocycles. The molecule has 2 aromatic heterocycles. The first kappa shape index (κ1) is 15.3. The number of anilines is 3. The fraction of sp³-hybridized carbons (Fsp3) is 0.0588. The van der Waals surface area contributed by atoms with Crippen LogP contribution in [0.4, 0.5) is 30.5 Å². The summed E-state index contributed by atoms with van der Waals surface area (Å²) >= 11 is 0. The first-order valence-corrected chi connectivity index (χ1v) is 7.40. The minimum atomic E-state index is -4.58. The summed E-state index contributed by atoms with van der Waals surface area (Å²) in [6, 6.07) is 14.0. The molecule has 4 N–H and O–H groups in total. The predicted octanol–water partition coefficient (Wildman–Crippen LogP) is 4.46. The SMILES string of the molecule is Nc1n[nH]c2nc(Nc3cccc4ccccc34)cc(C(F)(F)F)c12. The van der Waals surface area contributed by atoms with Gasteiger partial charge >= 0.3 is 6.18 Å². The molecule has 126 valence electrons. The zero-order chi connectivity index (χ0) is 17.6. The molecule has 0 spiro atoms. The predicted molar refractivity (Wildman–Crippen MR) is 90.5 cm³/mol. The van der Waals surface area contributed by atoms with Crippen LogP contribution < -0.4 is 11.1 Å². The Bertz CT molecular complexity index is 1080. The maximum atomic E-state index is 13.4. The third-order valence-electron chi connectivity index (χ3n) is 3.92. The van der Waals surface area contributed by atoms with Crippen molar-refractivity contribution in [1.29, 1.82) is 0 Å². The Morgan fingerprint density at radius 1 is 1.04 bits per heavy atom. The number of fused-ring (bicyclic) bond motifs is 2. The zero-order valence-electron chi connectivity index (χ0n) is 12.7. The van der Waals surface area contributed by atoms with Crippen LogP contribution >= 0.6 is 0 Å². The van der Waals surface area contributed by atoms with Gasteiger partial charge in [-0.25, -0.2) is 4.98 Å². The molecule has 0 amide bonds. The Labute approximate surface area is 139 Å². The highest BCUT2D eigenvalue weighted by Crippen LogP contribution is 2.38. The van der Waals surface area contributed by atoms with Gasteiger partial charge < -0.3 is 11.1 Å². The van der Waals surface area contributed by atoms with E-state index in [1.165, 1.54) is 0 Å². The van der Waals surface area contributed by atoms with Crippen LogP contribution in [0.5, 0.6) is 0 Å². The van der Waals surface area contributed by atoms with Crippen LogP contribution in [0.3, 0.4) is 0 Å². The van der Waals surface area contributed by atoms with Crippen LogP contribution in [0, 0.1) is 0 Å². The number of nitrogens with zero attached hydrogens (tertiary/aromatic N) is 2. The molecule has 4 aromatic rings. The molecule has 0 fully saturated rings. The quantitative estimate of drug-likeness (QED) is 0.502. The van der Waals surface area contributed by atoms with E-state index in [4.69, 9.17) is 5.73 Å². The fourth-order valence-electron chi connectivity index (χ4n) is 2.81. The molecule has 25 heavy (non-hydrogen) atoms. The van der Waals surface area contributed by atoms with Crippen molar-refractivity contribution in [2.75, 3.05) is 11.1 Å². The lowest BCUT2D eigenvalue weighted by atomic mass is 10.1. The molecule has 0 unspecified atom stereocenters. The molecule has 0 bridgehead atoms. The number of nitrogens with one attached hydrogen (secondary N) is 2. The Hall–Kier alpha value is -3.29. The summed E-state index contributed by atoms with van der Waals surface area (Å²) in [5.41, 5.74) is 5.30. The van der Waals surface area contributed by atoms with Crippen molar-refractivity contribution in [3.05, 3.63) is 54.1 Å². The monoisotopic (exact) mass is 343 g/mol. The molecule has 0 atom stereocenters. The molecule has 0 aliphatic carbocycles. The smallest absolute Gasteiger partial charge is 0.382 e. The van der Waals surface area contributed by atoms with E-state index in [2.05, 4.69) is 20.5 Å². The number of hydrogen-bond donors (Lipinski definition) is 3. The average molecular weight is 343 g/mol. The van der Waals surface area contributed by atoms with Gasteiger partial charge in [-0.3, -0.25) is 5.10 Å². The van der Waals surface area contributed by atoms with Crippen molar-refractivity contribution in [1.82, 2.24) is 15.2 Å². The maximum Gasteiger partial charge on any atom is 0.417 e. The van der Waals surface area contributed by atoms with Crippen LogP contribution in [0.1, 0.15) is 5.56 Å². The Morgan fingerprint density at radius 3 is 2.60 bits per heavy atom. The number of aromatic nitrogens is 3. The third kappa shape index (κ3) is 2.61. The van der Waals surface area contributed by atoms with Gasteiger partial charge in [0.1, 0.15) is 5.82 Å². The molecule has 8 heteroatoms. The summed E-state index contributed by atoms with van der Waals surface area (Å²) in [5.74, 6) is -0.175.